The van der Waals surface area contributed by atoms with E-state index < -0.39 is 15.8 Å². The van der Waals surface area contributed by atoms with Crippen molar-refractivity contribution in [2.45, 2.75) is 29.7 Å². The first kappa shape index (κ1) is 10.2. The second-order valence-corrected chi connectivity index (χ2v) is 3.90. The van der Waals surface area contributed by atoms with Gasteiger partial charge in [0.05, 0.1) is 11.4 Å². The van der Waals surface area contributed by atoms with Gasteiger partial charge in [-0.1, -0.05) is 15.9 Å². The third-order valence-corrected chi connectivity index (χ3v) is 3.01. The predicted molar refractivity (Wildman–Crippen MR) is 44.3 cm³/mol. The molecule has 0 aliphatic rings. The van der Waals surface area contributed by atoms with Crippen LogP contribution in [-0.2, 0) is 0 Å². The molecule has 0 saturated carbocycles. The Hall–Kier alpha value is 0.220. The average molecular weight is 227 g/mol. The van der Waals surface area contributed by atoms with Crippen LogP contribution in [0.4, 0.5) is 0 Å². The molecule has 2 nitrogen and oxygen atoms in total. The van der Waals surface area contributed by atoms with Crippen LogP contribution in [-0.4, -0.2) is 20.9 Å². The summed E-state index contributed by atoms with van der Waals surface area (Å²) in [5.74, 6) is 0. The van der Waals surface area contributed by atoms with Crippen LogP contribution in [0.2, 0.25) is 0 Å². The molecule has 0 amide bonds. The second kappa shape index (κ2) is 3.56. The number of nitrogens with zero attached hydrogens (tertiary/aromatic N) is 1. The van der Waals surface area contributed by atoms with Gasteiger partial charge in [-0.25, -0.2) is 0 Å². The molecule has 0 saturated heterocycles. The van der Waals surface area contributed by atoms with Crippen LogP contribution in [0, 0.1) is 11.3 Å². The van der Waals surface area contributed by atoms with Crippen molar-refractivity contribution in [1.29, 1.82) is 5.26 Å². The fourth-order valence-corrected chi connectivity index (χ4v) is 1.01. The summed E-state index contributed by atoms with van der Waals surface area (Å²) in [5, 5.41) is 17.4. The molecular weight excluding hydrogens is 217 g/mol. The lowest BCUT2D eigenvalue weighted by atomic mass is 10.00. The highest BCUT2D eigenvalue weighted by molar-refractivity contribution is 9.09. The third kappa shape index (κ3) is 2.12. The minimum absolute atomic E-state index is 0.448. The molecule has 0 rings (SSSR count). The van der Waals surface area contributed by atoms with Crippen molar-refractivity contribution in [3.63, 3.8) is 0 Å². The molecule has 0 aromatic carbocycles. The Labute approximate surface area is 73.9 Å². The molecule has 0 bridgehead atoms. The third-order valence-electron chi connectivity index (χ3n) is 1.43. The topological polar surface area (TPSA) is 44.0 Å². The lowest BCUT2D eigenvalue weighted by Crippen LogP contribution is -2.41. The molecule has 0 fully saturated rings. The number of alkyl halides is 2. The summed E-state index contributed by atoms with van der Waals surface area (Å²) in [6.07, 6.45) is 0. The van der Waals surface area contributed by atoms with E-state index in [-0.39, 0.29) is 0 Å². The summed E-state index contributed by atoms with van der Waals surface area (Å²) in [4.78, 5) is -0.618. The minimum atomic E-state index is -1.17. The van der Waals surface area contributed by atoms with Crippen molar-refractivity contribution in [3.8, 4) is 6.07 Å². The zero-order chi connectivity index (χ0) is 8.36. The Morgan fingerprint density at radius 1 is 1.80 bits per heavy atom. The molecule has 0 aliphatic carbocycles. The first-order valence-electron chi connectivity index (χ1n) is 2.83. The van der Waals surface area contributed by atoms with Crippen molar-refractivity contribution in [2.24, 2.45) is 0 Å². The van der Waals surface area contributed by atoms with Crippen LogP contribution in [0.3, 0.4) is 0 Å². The molecule has 10 heavy (non-hydrogen) atoms. The van der Waals surface area contributed by atoms with E-state index in [9.17, 15) is 5.11 Å². The van der Waals surface area contributed by atoms with Gasteiger partial charge in [0, 0.05) is 0 Å². The number of hydrogen-bond acceptors (Lipinski definition) is 2. The number of nitriles is 1. The van der Waals surface area contributed by atoms with Crippen molar-refractivity contribution >= 4 is 27.5 Å². The number of rotatable bonds is 2. The molecule has 0 spiro atoms. The summed E-state index contributed by atoms with van der Waals surface area (Å²) >= 11 is 8.62. The standard InChI is InChI=1S/C6H9BrClNO/c1-4(8)6(2,10)5(7)3-9/h4-5,10H,1-2H3. The molecule has 1 N–H and O–H groups in total. The van der Waals surface area contributed by atoms with Gasteiger partial charge in [0.25, 0.3) is 0 Å². The van der Waals surface area contributed by atoms with E-state index in [0.29, 0.717) is 0 Å². The number of hydrogen-bond donors (Lipinski definition) is 1. The molecule has 4 heteroatoms. The van der Waals surface area contributed by atoms with E-state index in [2.05, 4.69) is 15.9 Å². The molecule has 58 valence electrons. The lowest BCUT2D eigenvalue weighted by molar-refractivity contribution is 0.0716. The highest BCUT2D eigenvalue weighted by Crippen LogP contribution is 2.24. The second-order valence-electron chi connectivity index (χ2n) is 2.33. The first-order chi connectivity index (χ1) is 4.42. The summed E-state index contributed by atoms with van der Waals surface area (Å²) in [7, 11) is 0. The van der Waals surface area contributed by atoms with Crippen molar-refractivity contribution in [1.82, 2.24) is 0 Å². The van der Waals surface area contributed by atoms with E-state index in [4.69, 9.17) is 16.9 Å². The van der Waals surface area contributed by atoms with E-state index >= 15 is 0 Å². The highest BCUT2D eigenvalue weighted by Gasteiger charge is 2.34. The van der Waals surface area contributed by atoms with Gasteiger partial charge >= 0.3 is 0 Å². The quantitative estimate of drug-likeness (QED) is 0.728. The van der Waals surface area contributed by atoms with Crippen LogP contribution >= 0.6 is 27.5 Å². The monoisotopic (exact) mass is 225 g/mol. The fourth-order valence-electron chi connectivity index (χ4n) is 0.332. The van der Waals surface area contributed by atoms with Crippen LogP contribution in [0.5, 0.6) is 0 Å². The average Bonchev–Trinajstić information content (AvgIpc) is 1.86. The molecular formula is C6H9BrClNO. The first-order valence-corrected chi connectivity index (χ1v) is 4.18. The summed E-state index contributed by atoms with van der Waals surface area (Å²) in [6.45, 7) is 3.17. The smallest absolute Gasteiger partial charge is 0.131 e. The van der Waals surface area contributed by atoms with Gasteiger partial charge in [0.15, 0.2) is 0 Å². The Balaban J connectivity index is 4.27. The Morgan fingerprint density at radius 2 is 2.20 bits per heavy atom. The SMILES string of the molecule is CC(Cl)C(C)(O)C(Br)C#N. The summed E-state index contributed by atoms with van der Waals surface area (Å²) in [5.41, 5.74) is -1.17. The van der Waals surface area contributed by atoms with Crippen molar-refractivity contribution in [2.75, 3.05) is 0 Å². The maximum atomic E-state index is 9.46. The summed E-state index contributed by atoms with van der Waals surface area (Å²) in [6, 6.07) is 1.87. The maximum Gasteiger partial charge on any atom is 0.131 e. The number of aliphatic hydroxyl groups is 1. The van der Waals surface area contributed by atoms with Gasteiger partial charge in [-0.2, -0.15) is 5.26 Å². The van der Waals surface area contributed by atoms with Crippen LogP contribution in [0.25, 0.3) is 0 Å². The Morgan fingerprint density at radius 3 is 2.30 bits per heavy atom. The van der Waals surface area contributed by atoms with Gasteiger partial charge in [0.2, 0.25) is 0 Å². The number of halogens is 2. The Kier molecular flexibility index (Phi) is 3.64. The van der Waals surface area contributed by atoms with Crippen LogP contribution < -0.4 is 0 Å². The lowest BCUT2D eigenvalue weighted by Gasteiger charge is -2.26. The zero-order valence-corrected chi connectivity index (χ0v) is 8.15. The normalized spacial score (nSPS) is 22.4. The van der Waals surface area contributed by atoms with Crippen LogP contribution in [0.15, 0.2) is 0 Å². The van der Waals surface area contributed by atoms with Crippen LogP contribution in [0.1, 0.15) is 13.8 Å². The highest BCUT2D eigenvalue weighted by atomic mass is 79.9. The molecule has 0 radical (unpaired) electrons. The van der Waals surface area contributed by atoms with Gasteiger partial charge < -0.3 is 5.11 Å². The largest absolute Gasteiger partial charge is 0.386 e. The molecule has 0 aliphatic heterocycles. The van der Waals surface area contributed by atoms with Gasteiger partial charge in [-0.15, -0.1) is 11.6 Å². The summed E-state index contributed by atoms with van der Waals surface area (Å²) < 4.78 is 0. The fraction of sp³-hybridized carbons (Fsp3) is 0.833. The molecule has 3 unspecified atom stereocenters. The molecule has 3 atom stereocenters. The van der Waals surface area contributed by atoms with E-state index in [1.54, 1.807) is 6.92 Å². The van der Waals surface area contributed by atoms with Gasteiger partial charge in [0.1, 0.15) is 10.4 Å². The molecule has 0 heterocycles. The van der Waals surface area contributed by atoms with Gasteiger partial charge in [-0.3, -0.25) is 0 Å². The molecule has 0 aromatic rings. The zero-order valence-electron chi connectivity index (χ0n) is 5.81. The Bertz CT molecular complexity index is 152. The van der Waals surface area contributed by atoms with E-state index in [1.807, 2.05) is 6.07 Å². The van der Waals surface area contributed by atoms with E-state index in [1.165, 1.54) is 6.92 Å². The van der Waals surface area contributed by atoms with E-state index in [0.717, 1.165) is 0 Å². The molecule has 0 aromatic heterocycles. The maximum absolute atomic E-state index is 9.46. The van der Waals surface area contributed by atoms with Crippen molar-refractivity contribution in [3.05, 3.63) is 0 Å². The minimum Gasteiger partial charge on any atom is -0.386 e. The predicted octanol–water partition coefficient (Wildman–Crippen LogP) is 1.65. The van der Waals surface area contributed by atoms with Gasteiger partial charge in [-0.05, 0) is 13.8 Å². The van der Waals surface area contributed by atoms with Crippen molar-refractivity contribution < 1.29 is 5.11 Å².